The van der Waals surface area contributed by atoms with E-state index in [-0.39, 0.29) is 10.6 Å². The highest BCUT2D eigenvalue weighted by atomic mass is 35.5. The molecule has 1 saturated heterocycles. The number of hydrogen-bond acceptors (Lipinski definition) is 2. The van der Waals surface area contributed by atoms with Crippen LogP contribution >= 0.6 is 11.6 Å². The fourth-order valence-electron chi connectivity index (χ4n) is 3.12. The van der Waals surface area contributed by atoms with Crippen LogP contribution in [0.3, 0.4) is 0 Å². The van der Waals surface area contributed by atoms with Crippen molar-refractivity contribution in [2.24, 2.45) is 5.92 Å². The number of benzene rings is 1. The molecule has 3 nitrogen and oxygen atoms in total. The molecule has 1 N–H and O–H groups in total. The monoisotopic (exact) mass is 357 g/mol. The molecule has 2 aromatic rings. The normalized spacial score (nSPS) is 16.4. The molecule has 0 atom stereocenters. The minimum Gasteiger partial charge on any atom is -0.381 e. The van der Waals surface area contributed by atoms with E-state index in [4.69, 9.17) is 16.3 Å². The highest BCUT2D eigenvalue weighted by Gasteiger charge is 2.15. The van der Waals surface area contributed by atoms with Gasteiger partial charge in [0.25, 0.3) is 5.56 Å². The van der Waals surface area contributed by atoms with Crippen molar-refractivity contribution in [1.29, 1.82) is 0 Å². The molecular formula is C21H24ClNO2. The summed E-state index contributed by atoms with van der Waals surface area (Å²) in [6.07, 6.45) is 4.28. The van der Waals surface area contributed by atoms with Gasteiger partial charge < -0.3 is 9.72 Å². The van der Waals surface area contributed by atoms with Gasteiger partial charge >= 0.3 is 0 Å². The first-order chi connectivity index (χ1) is 12.0. The number of ether oxygens (including phenoxy) is 1. The zero-order chi connectivity index (χ0) is 17.8. The Morgan fingerprint density at radius 3 is 2.44 bits per heavy atom. The molecule has 1 aliphatic rings. The Morgan fingerprint density at radius 1 is 1.16 bits per heavy atom. The van der Waals surface area contributed by atoms with Gasteiger partial charge in [-0.2, -0.15) is 0 Å². The Kier molecular flexibility index (Phi) is 5.77. The van der Waals surface area contributed by atoms with Crippen LogP contribution in [0, 0.1) is 5.92 Å². The van der Waals surface area contributed by atoms with Gasteiger partial charge in [-0.05, 0) is 47.9 Å². The van der Waals surface area contributed by atoms with Crippen molar-refractivity contribution >= 4 is 17.2 Å². The molecule has 1 aliphatic heterocycles. The molecule has 1 fully saturated rings. The van der Waals surface area contributed by atoms with E-state index < -0.39 is 0 Å². The lowest BCUT2D eigenvalue weighted by Crippen LogP contribution is -2.15. The standard InChI is InChI=1S/C21H24ClNO2/c1-14(2)16-3-5-17(6-4-16)18(13-15-9-11-25-12-10-15)20-8-7-19(22)21(24)23-20/h3-8,13-15H,9-12H2,1-2H3,(H,23,24). The second-order valence-electron chi connectivity index (χ2n) is 6.86. The van der Waals surface area contributed by atoms with Gasteiger partial charge in [0.1, 0.15) is 5.02 Å². The van der Waals surface area contributed by atoms with Gasteiger partial charge in [-0.25, -0.2) is 0 Å². The van der Waals surface area contributed by atoms with Crippen LogP contribution in [-0.2, 0) is 4.74 Å². The number of aromatic nitrogens is 1. The van der Waals surface area contributed by atoms with Crippen LogP contribution in [0.4, 0.5) is 0 Å². The Hall–Kier alpha value is -1.84. The average Bonchev–Trinajstić information content (AvgIpc) is 2.63. The number of nitrogens with one attached hydrogen (secondary N) is 1. The van der Waals surface area contributed by atoms with E-state index in [0.29, 0.717) is 11.8 Å². The molecule has 0 bridgehead atoms. The van der Waals surface area contributed by atoms with Crippen molar-refractivity contribution in [1.82, 2.24) is 4.98 Å². The summed E-state index contributed by atoms with van der Waals surface area (Å²) in [7, 11) is 0. The fraction of sp³-hybridized carbons (Fsp3) is 0.381. The van der Waals surface area contributed by atoms with Crippen LogP contribution < -0.4 is 5.56 Å². The lowest BCUT2D eigenvalue weighted by atomic mass is 9.91. The molecule has 132 valence electrons. The SMILES string of the molecule is CC(C)c1ccc(C(=CC2CCOCC2)c2ccc(Cl)c(=O)[nH]2)cc1. The highest BCUT2D eigenvalue weighted by molar-refractivity contribution is 6.30. The second kappa shape index (κ2) is 8.03. The maximum absolute atomic E-state index is 12.0. The number of allylic oxidation sites excluding steroid dienone is 1. The molecule has 0 aliphatic carbocycles. The first-order valence-electron chi connectivity index (χ1n) is 8.83. The van der Waals surface area contributed by atoms with Crippen molar-refractivity contribution in [2.75, 3.05) is 13.2 Å². The van der Waals surface area contributed by atoms with Crippen molar-refractivity contribution < 1.29 is 4.74 Å². The van der Waals surface area contributed by atoms with E-state index >= 15 is 0 Å². The summed E-state index contributed by atoms with van der Waals surface area (Å²) in [5, 5.41) is 0.212. The first kappa shape index (κ1) is 18.0. The molecule has 25 heavy (non-hydrogen) atoms. The third-order valence-corrected chi connectivity index (χ3v) is 5.01. The molecule has 0 spiro atoms. The van der Waals surface area contributed by atoms with E-state index in [1.165, 1.54) is 5.56 Å². The first-order valence-corrected chi connectivity index (χ1v) is 9.21. The fourth-order valence-corrected chi connectivity index (χ4v) is 3.23. The predicted octanol–water partition coefficient (Wildman–Crippen LogP) is 5.01. The molecular weight excluding hydrogens is 334 g/mol. The van der Waals surface area contributed by atoms with Crippen LogP contribution in [0.25, 0.3) is 5.57 Å². The van der Waals surface area contributed by atoms with E-state index in [9.17, 15) is 4.79 Å². The van der Waals surface area contributed by atoms with Crippen LogP contribution in [0.15, 0.2) is 47.3 Å². The number of aromatic amines is 1. The summed E-state index contributed by atoms with van der Waals surface area (Å²) in [4.78, 5) is 14.9. The van der Waals surface area contributed by atoms with Gasteiger partial charge in [0.15, 0.2) is 0 Å². The molecule has 0 saturated carbocycles. The average molecular weight is 358 g/mol. The van der Waals surface area contributed by atoms with E-state index in [1.54, 1.807) is 6.07 Å². The molecule has 0 unspecified atom stereocenters. The van der Waals surface area contributed by atoms with E-state index in [2.05, 4.69) is 49.2 Å². The zero-order valence-electron chi connectivity index (χ0n) is 14.7. The van der Waals surface area contributed by atoms with Gasteiger partial charge in [0.2, 0.25) is 0 Å². The lowest BCUT2D eigenvalue weighted by Gasteiger charge is -2.21. The summed E-state index contributed by atoms with van der Waals surface area (Å²) in [6, 6.07) is 12.1. The minimum absolute atomic E-state index is 0.212. The third-order valence-electron chi connectivity index (χ3n) is 4.71. The van der Waals surface area contributed by atoms with Gasteiger partial charge in [-0.3, -0.25) is 4.79 Å². The topological polar surface area (TPSA) is 42.1 Å². The summed E-state index contributed by atoms with van der Waals surface area (Å²) >= 11 is 5.90. The van der Waals surface area contributed by atoms with Crippen molar-refractivity contribution in [3.8, 4) is 0 Å². The maximum atomic E-state index is 12.0. The summed E-state index contributed by atoms with van der Waals surface area (Å²) in [5.74, 6) is 0.944. The van der Waals surface area contributed by atoms with Gasteiger partial charge in [0, 0.05) is 24.5 Å². The Bertz CT molecular complexity index is 799. The molecule has 4 heteroatoms. The Balaban J connectivity index is 2.02. The number of pyridine rings is 1. The minimum atomic E-state index is -0.254. The van der Waals surface area contributed by atoms with Crippen LogP contribution in [0.2, 0.25) is 5.02 Å². The smallest absolute Gasteiger partial charge is 0.267 e. The van der Waals surface area contributed by atoms with Crippen LogP contribution in [0.1, 0.15) is 49.4 Å². The van der Waals surface area contributed by atoms with Gasteiger partial charge in [0.05, 0.1) is 0 Å². The number of H-pyrrole nitrogens is 1. The van der Waals surface area contributed by atoms with Crippen molar-refractivity contribution in [2.45, 2.75) is 32.6 Å². The van der Waals surface area contributed by atoms with Gasteiger partial charge in [-0.1, -0.05) is 55.8 Å². The highest BCUT2D eigenvalue weighted by Crippen LogP contribution is 2.28. The van der Waals surface area contributed by atoms with E-state index in [0.717, 1.165) is 42.9 Å². The van der Waals surface area contributed by atoms with Gasteiger partial charge in [-0.15, -0.1) is 0 Å². The van der Waals surface area contributed by atoms with Crippen molar-refractivity contribution in [3.63, 3.8) is 0 Å². The quantitative estimate of drug-likeness (QED) is 0.835. The van der Waals surface area contributed by atoms with Crippen molar-refractivity contribution in [3.05, 3.63) is 74.7 Å². The second-order valence-corrected chi connectivity index (χ2v) is 7.26. The van der Waals surface area contributed by atoms with E-state index in [1.807, 2.05) is 6.07 Å². The molecule has 1 aromatic heterocycles. The summed E-state index contributed by atoms with van der Waals surface area (Å²) in [5.41, 5.74) is 4.01. The molecule has 3 rings (SSSR count). The summed E-state index contributed by atoms with van der Waals surface area (Å²) in [6.45, 7) is 5.95. The number of hydrogen-bond donors (Lipinski definition) is 1. The Labute approximate surface area is 153 Å². The molecule has 1 aromatic carbocycles. The molecule has 0 amide bonds. The van der Waals surface area contributed by atoms with Crippen LogP contribution in [0.5, 0.6) is 0 Å². The predicted molar refractivity (Wildman–Crippen MR) is 103 cm³/mol. The summed E-state index contributed by atoms with van der Waals surface area (Å²) < 4.78 is 5.47. The third kappa shape index (κ3) is 4.42. The molecule has 0 radical (unpaired) electrons. The zero-order valence-corrected chi connectivity index (χ0v) is 15.5. The lowest BCUT2D eigenvalue weighted by molar-refractivity contribution is 0.0786. The molecule has 2 heterocycles. The Morgan fingerprint density at radius 2 is 1.84 bits per heavy atom. The number of halogens is 1. The maximum Gasteiger partial charge on any atom is 0.267 e. The number of rotatable bonds is 4. The van der Waals surface area contributed by atoms with Crippen LogP contribution in [-0.4, -0.2) is 18.2 Å². The largest absolute Gasteiger partial charge is 0.381 e.